The van der Waals surface area contributed by atoms with Gasteiger partial charge in [0.1, 0.15) is 5.82 Å². The van der Waals surface area contributed by atoms with E-state index in [1.165, 1.54) is 4.90 Å². The van der Waals surface area contributed by atoms with Crippen LogP contribution in [0.5, 0.6) is 0 Å². The predicted molar refractivity (Wildman–Crippen MR) is 102 cm³/mol. The van der Waals surface area contributed by atoms with Gasteiger partial charge in [-0.2, -0.15) is 0 Å². The van der Waals surface area contributed by atoms with Crippen molar-refractivity contribution in [3.8, 4) is 0 Å². The largest absolute Gasteiger partial charge is 0.334 e. The van der Waals surface area contributed by atoms with Crippen molar-refractivity contribution in [2.45, 2.75) is 13.5 Å². The van der Waals surface area contributed by atoms with E-state index in [1.807, 2.05) is 19.3 Å². The number of fused-ring (bicyclic) bond motifs is 1. The van der Waals surface area contributed by atoms with Gasteiger partial charge in [-0.15, -0.1) is 0 Å². The average molecular weight is 367 g/mol. The van der Waals surface area contributed by atoms with Gasteiger partial charge in [0.2, 0.25) is 0 Å². The molecule has 2 amide bonds. The molecule has 0 atom stereocenters. The van der Waals surface area contributed by atoms with Gasteiger partial charge in [-0.25, -0.2) is 4.98 Å². The Labute approximate surface area is 159 Å². The van der Waals surface area contributed by atoms with Crippen LogP contribution < -0.4 is 0 Å². The summed E-state index contributed by atoms with van der Waals surface area (Å²) in [6, 6.07) is 7.07. The van der Waals surface area contributed by atoms with Crippen LogP contribution in [0, 0.1) is 6.92 Å². The first-order valence-corrected chi connectivity index (χ1v) is 9.51. The second kappa shape index (κ2) is 7.62. The van der Waals surface area contributed by atoms with Crippen LogP contribution in [0.25, 0.3) is 0 Å². The average Bonchev–Trinajstić information content (AvgIpc) is 3.21. The number of benzene rings is 1. The van der Waals surface area contributed by atoms with E-state index in [1.54, 1.807) is 24.3 Å². The molecule has 1 fully saturated rings. The normalized spacial score (nSPS) is 18.3. The molecule has 2 aromatic rings. The SMILES string of the molecule is Cc1nccn1CCN1CCN(CCN2C(=O)c3ccccc3C2=O)CC1. The fraction of sp³-hybridized carbons (Fsp3) is 0.450. The summed E-state index contributed by atoms with van der Waals surface area (Å²) in [5.74, 6) is 0.726. The lowest BCUT2D eigenvalue weighted by molar-refractivity contribution is 0.0614. The molecule has 0 aliphatic carbocycles. The monoisotopic (exact) mass is 367 g/mol. The van der Waals surface area contributed by atoms with Crippen molar-refractivity contribution in [3.63, 3.8) is 0 Å². The van der Waals surface area contributed by atoms with Crippen molar-refractivity contribution in [2.75, 3.05) is 45.8 Å². The Morgan fingerprint density at radius 1 is 0.852 bits per heavy atom. The number of aromatic nitrogens is 2. The Balaban J connectivity index is 1.23. The molecule has 3 heterocycles. The number of imide groups is 1. The van der Waals surface area contributed by atoms with Gasteiger partial charge in [0.15, 0.2) is 0 Å². The zero-order valence-electron chi connectivity index (χ0n) is 15.7. The highest BCUT2D eigenvalue weighted by Crippen LogP contribution is 2.22. The van der Waals surface area contributed by atoms with Gasteiger partial charge in [0.05, 0.1) is 11.1 Å². The molecule has 2 aliphatic rings. The third-order valence-electron chi connectivity index (χ3n) is 5.56. The van der Waals surface area contributed by atoms with Gasteiger partial charge in [0, 0.05) is 64.8 Å². The molecular weight excluding hydrogens is 342 g/mol. The maximum atomic E-state index is 12.4. The fourth-order valence-corrected chi connectivity index (χ4v) is 3.81. The number of hydrogen-bond acceptors (Lipinski definition) is 5. The molecular formula is C20H25N5O2. The predicted octanol–water partition coefficient (Wildman–Crippen LogP) is 1.11. The van der Waals surface area contributed by atoms with E-state index in [0.29, 0.717) is 17.7 Å². The van der Waals surface area contributed by atoms with E-state index >= 15 is 0 Å². The molecule has 0 unspecified atom stereocenters. The second-order valence-electron chi connectivity index (χ2n) is 7.16. The number of carbonyl (C=O) groups excluding carboxylic acids is 2. The molecule has 7 heteroatoms. The van der Waals surface area contributed by atoms with Gasteiger partial charge in [0.25, 0.3) is 11.8 Å². The van der Waals surface area contributed by atoms with E-state index in [9.17, 15) is 9.59 Å². The lowest BCUT2D eigenvalue weighted by Crippen LogP contribution is -2.49. The standard InChI is InChI=1S/C20H25N5O2/c1-16-21-6-7-24(16)14-12-22-8-10-23(11-9-22)13-15-25-19(26)17-4-2-3-5-18(17)20(25)27/h2-7H,8-15H2,1H3. The Morgan fingerprint density at radius 3 is 1.93 bits per heavy atom. The fourth-order valence-electron chi connectivity index (χ4n) is 3.81. The van der Waals surface area contributed by atoms with E-state index < -0.39 is 0 Å². The van der Waals surface area contributed by atoms with Crippen molar-refractivity contribution in [1.29, 1.82) is 0 Å². The number of amides is 2. The molecule has 0 spiro atoms. The van der Waals surface area contributed by atoms with Crippen LogP contribution in [0.2, 0.25) is 0 Å². The van der Waals surface area contributed by atoms with Crippen LogP contribution in [0.4, 0.5) is 0 Å². The molecule has 0 N–H and O–H groups in total. The molecule has 1 saturated heterocycles. The van der Waals surface area contributed by atoms with Gasteiger partial charge < -0.3 is 4.57 Å². The van der Waals surface area contributed by atoms with Crippen molar-refractivity contribution >= 4 is 11.8 Å². The van der Waals surface area contributed by atoms with Crippen LogP contribution >= 0.6 is 0 Å². The number of nitrogens with zero attached hydrogens (tertiary/aromatic N) is 5. The van der Waals surface area contributed by atoms with E-state index in [2.05, 4.69) is 19.4 Å². The second-order valence-corrected chi connectivity index (χ2v) is 7.16. The molecule has 4 rings (SSSR count). The third-order valence-corrected chi connectivity index (χ3v) is 5.56. The Kier molecular flexibility index (Phi) is 5.05. The van der Waals surface area contributed by atoms with E-state index in [4.69, 9.17) is 0 Å². The molecule has 1 aromatic heterocycles. The van der Waals surface area contributed by atoms with Crippen molar-refractivity contribution in [1.82, 2.24) is 24.3 Å². The smallest absolute Gasteiger partial charge is 0.261 e. The zero-order chi connectivity index (χ0) is 18.8. The first-order valence-electron chi connectivity index (χ1n) is 9.51. The third kappa shape index (κ3) is 3.65. The van der Waals surface area contributed by atoms with Crippen molar-refractivity contribution < 1.29 is 9.59 Å². The number of aryl methyl sites for hydroxylation is 1. The highest BCUT2D eigenvalue weighted by molar-refractivity contribution is 6.21. The highest BCUT2D eigenvalue weighted by atomic mass is 16.2. The van der Waals surface area contributed by atoms with Crippen LogP contribution in [0.15, 0.2) is 36.7 Å². The van der Waals surface area contributed by atoms with E-state index in [-0.39, 0.29) is 11.8 Å². The Bertz CT molecular complexity index is 803. The van der Waals surface area contributed by atoms with E-state index in [0.717, 1.165) is 51.6 Å². The lowest BCUT2D eigenvalue weighted by atomic mass is 10.1. The van der Waals surface area contributed by atoms with Crippen molar-refractivity contribution in [3.05, 3.63) is 53.6 Å². The van der Waals surface area contributed by atoms with Gasteiger partial charge in [-0.1, -0.05) is 12.1 Å². The molecule has 7 nitrogen and oxygen atoms in total. The molecule has 0 bridgehead atoms. The number of hydrogen-bond donors (Lipinski definition) is 0. The molecule has 1 aromatic carbocycles. The minimum absolute atomic E-state index is 0.162. The van der Waals surface area contributed by atoms with Crippen molar-refractivity contribution in [2.24, 2.45) is 0 Å². The highest BCUT2D eigenvalue weighted by Gasteiger charge is 2.35. The molecule has 142 valence electrons. The molecule has 0 saturated carbocycles. The first-order chi connectivity index (χ1) is 13.1. The topological polar surface area (TPSA) is 61.7 Å². The summed E-state index contributed by atoms with van der Waals surface area (Å²) in [5.41, 5.74) is 1.06. The zero-order valence-corrected chi connectivity index (χ0v) is 15.7. The molecule has 27 heavy (non-hydrogen) atoms. The summed E-state index contributed by atoms with van der Waals surface area (Å²) in [6.07, 6.45) is 3.86. The maximum Gasteiger partial charge on any atom is 0.261 e. The Morgan fingerprint density at radius 2 is 1.41 bits per heavy atom. The number of carbonyl (C=O) groups is 2. The van der Waals surface area contributed by atoms with Crippen LogP contribution in [0.3, 0.4) is 0 Å². The summed E-state index contributed by atoms with van der Waals surface area (Å²) in [4.78, 5) is 35.3. The van der Waals surface area contributed by atoms with Gasteiger partial charge in [-0.05, 0) is 19.1 Å². The number of imidazole rings is 1. The first kappa shape index (κ1) is 17.9. The van der Waals surface area contributed by atoms with Gasteiger partial charge in [-0.3, -0.25) is 24.3 Å². The lowest BCUT2D eigenvalue weighted by Gasteiger charge is -2.35. The quantitative estimate of drug-likeness (QED) is 0.716. The maximum absolute atomic E-state index is 12.4. The van der Waals surface area contributed by atoms with Crippen LogP contribution in [0.1, 0.15) is 26.5 Å². The van der Waals surface area contributed by atoms with Crippen LogP contribution in [-0.2, 0) is 6.54 Å². The van der Waals surface area contributed by atoms with Gasteiger partial charge >= 0.3 is 0 Å². The summed E-state index contributed by atoms with van der Waals surface area (Å²) >= 11 is 0. The summed E-state index contributed by atoms with van der Waals surface area (Å²) in [6.45, 7) is 9.14. The molecule has 0 radical (unpaired) electrons. The van der Waals surface area contributed by atoms with Crippen LogP contribution in [-0.4, -0.2) is 81.9 Å². The number of rotatable bonds is 6. The Hall–Kier alpha value is -2.51. The molecule has 2 aliphatic heterocycles. The number of piperazine rings is 1. The summed E-state index contributed by atoms with van der Waals surface area (Å²) < 4.78 is 2.18. The summed E-state index contributed by atoms with van der Waals surface area (Å²) in [7, 11) is 0. The minimum atomic E-state index is -0.162. The summed E-state index contributed by atoms with van der Waals surface area (Å²) in [5, 5.41) is 0. The minimum Gasteiger partial charge on any atom is -0.334 e.